The number of likely N-dealkylation sites (tertiary alicyclic amines) is 2. The van der Waals surface area contributed by atoms with Crippen LogP contribution in [-0.4, -0.2) is 90.8 Å². The van der Waals surface area contributed by atoms with E-state index in [4.69, 9.17) is 4.42 Å². The first-order valence-electron chi connectivity index (χ1n) is 12.1. The summed E-state index contributed by atoms with van der Waals surface area (Å²) >= 11 is 0. The number of amides is 2. The van der Waals surface area contributed by atoms with Crippen molar-refractivity contribution in [3.8, 4) is 0 Å². The lowest BCUT2D eigenvalue weighted by Gasteiger charge is -2.33. The number of furan rings is 1. The van der Waals surface area contributed by atoms with E-state index in [9.17, 15) is 9.59 Å². The standard InChI is InChI=1S/C24H40N4O3/c1-4-28(5-2)23(29)20-11-15-27(16-12-20)19-21-9-10-22(31-21)24(30)25(3)17-18-26-13-7-6-8-14-26/h9-10,20H,4-8,11-19H2,1-3H3. The first-order chi connectivity index (χ1) is 15.0. The van der Waals surface area contributed by atoms with E-state index in [-0.39, 0.29) is 11.8 Å². The third-order valence-corrected chi connectivity index (χ3v) is 6.81. The Morgan fingerprint density at radius 2 is 1.68 bits per heavy atom. The molecule has 7 nitrogen and oxygen atoms in total. The first-order valence-corrected chi connectivity index (χ1v) is 12.1. The van der Waals surface area contributed by atoms with Crippen LogP contribution in [0.1, 0.15) is 62.3 Å². The summed E-state index contributed by atoms with van der Waals surface area (Å²) in [6, 6.07) is 3.71. The van der Waals surface area contributed by atoms with Crippen LogP contribution in [0.2, 0.25) is 0 Å². The highest BCUT2D eigenvalue weighted by molar-refractivity contribution is 5.91. The van der Waals surface area contributed by atoms with Gasteiger partial charge in [0.25, 0.3) is 5.91 Å². The smallest absolute Gasteiger partial charge is 0.289 e. The van der Waals surface area contributed by atoms with Crippen LogP contribution >= 0.6 is 0 Å². The van der Waals surface area contributed by atoms with Gasteiger partial charge in [-0.1, -0.05) is 6.42 Å². The van der Waals surface area contributed by atoms with Gasteiger partial charge < -0.3 is 19.1 Å². The van der Waals surface area contributed by atoms with Crippen molar-refractivity contribution in [1.29, 1.82) is 0 Å². The van der Waals surface area contributed by atoms with Crippen LogP contribution in [0, 0.1) is 5.92 Å². The highest BCUT2D eigenvalue weighted by atomic mass is 16.4. The molecule has 2 aliphatic rings. The van der Waals surface area contributed by atoms with E-state index in [0.29, 0.717) is 18.2 Å². The molecule has 0 N–H and O–H groups in total. The second-order valence-corrected chi connectivity index (χ2v) is 8.96. The van der Waals surface area contributed by atoms with Crippen molar-refractivity contribution >= 4 is 11.8 Å². The molecule has 1 aromatic rings. The number of nitrogens with zero attached hydrogens (tertiary/aromatic N) is 4. The maximum Gasteiger partial charge on any atom is 0.289 e. The van der Waals surface area contributed by atoms with Crippen LogP contribution in [-0.2, 0) is 11.3 Å². The number of hydrogen-bond donors (Lipinski definition) is 0. The average Bonchev–Trinajstić information content (AvgIpc) is 3.27. The number of piperidine rings is 2. The normalized spacial score (nSPS) is 18.8. The molecule has 2 amide bonds. The molecule has 0 spiro atoms. The SMILES string of the molecule is CCN(CC)C(=O)C1CCN(Cc2ccc(C(=O)N(C)CCN3CCCCC3)o2)CC1. The number of carbonyl (C=O) groups is 2. The molecule has 174 valence electrons. The lowest BCUT2D eigenvalue weighted by Crippen LogP contribution is -2.42. The van der Waals surface area contributed by atoms with E-state index >= 15 is 0 Å². The molecular weight excluding hydrogens is 392 g/mol. The summed E-state index contributed by atoms with van der Waals surface area (Å²) in [5, 5.41) is 0. The lowest BCUT2D eigenvalue weighted by atomic mass is 9.95. The van der Waals surface area contributed by atoms with E-state index in [2.05, 4.69) is 9.80 Å². The summed E-state index contributed by atoms with van der Waals surface area (Å²) in [6.07, 6.45) is 5.63. The Morgan fingerprint density at radius 1 is 1.00 bits per heavy atom. The van der Waals surface area contributed by atoms with Gasteiger partial charge in [0.15, 0.2) is 5.76 Å². The molecule has 0 aliphatic carbocycles. The third-order valence-electron chi connectivity index (χ3n) is 6.81. The Morgan fingerprint density at radius 3 is 2.32 bits per heavy atom. The zero-order chi connectivity index (χ0) is 22.2. The number of carbonyl (C=O) groups excluding carboxylic acids is 2. The molecule has 2 aliphatic heterocycles. The van der Waals surface area contributed by atoms with Gasteiger partial charge in [-0.2, -0.15) is 0 Å². The number of likely N-dealkylation sites (N-methyl/N-ethyl adjacent to an activating group) is 1. The van der Waals surface area contributed by atoms with E-state index in [1.165, 1.54) is 19.3 Å². The maximum absolute atomic E-state index is 12.7. The van der Waals surface area contributed by atoms with E-state index in [1.54, 1.807) is 11.0 Å². The highest BCUT2D eigenvalue weighted by Crippen LogP contribution is 2.22. The zero-order valence-corrected chi connectivity index (χ0v) is 19.6. The first kappa shape index (κ1) is 23.8. The Bertz CT molecular complexity index is 701. The van der Waals surface area contributed by atoms with Crippen LogP contribution in [0.15, 0.2) is 16.5 Å². The Labute approximate surface area is 187 Å². The fourth-order valence-corrected chi connectivity index (χ4v) is 4.69. The molecule has 0 radical (unpaired) electrons. The maximum atomic E-state index is 12.7. The van der Waals surface area contributed by atoms with Crippen molar-refractivity contribution < 1.29 is 14.0 Å². The quantitative estimate of drug-likeness (QED) is 0.601. The summed E-state index contributed by atoms with van der Waals surface area (Å²) in [5.41, 5.74) is 0. The zero-order valence-electron chi connectivity index (χ0n) is 19.6. The van der Waals surface area contributed by atoms with E-state index in [1.807, 2.05) is 31.9 Å². The number of rotatable bonds is 9. The molecule has 3 rings (SSSR count). The van der Waals surface area contributed by atoms with Crippen molar-refractivity contribution in [2.45, 2.75) is 52.5 Å². The summed E-state index contributed by atoms with van der Waals surface area (Å²) in [6.45, 7) is 12.0. The van der Waals surface area contributed by atoms with Crippen LogP contribution < -0.4 is 0 Å². The lowest BCUT2D eigenvalue weighted by molar-refractivity contribution is -0.136. The third kappa shape index (κ3) is 6.56. The van der Waals surface area contributed by atoms with Gasteiger partial charge in [0.05, 0.1) is 6.54 Å². The van der Waals surface area contributed by atoms with E-state index in [0.717, 1.165) is 71.0 Å². The van der Waals surface area contributed by atoms with Gasteiger partial charge in [-0.05, 0) is 77.8 Å². The van der Waals surface area contributed by atoms with Crippen molar-refractivity contribution in [1.82, 2.24) is 19.6 Å². The second kappa shape index (κ2) is 11.7. The van der Waals surface area contributed by atoms with Gasteiger partial charge in [0.1, 0.15) is 5.76 Å². The van der Waals surface area contributed by atoms with Crippen molar-refractivity contribution in [3.05, 3.63) is 23.7 Å². The highest BCUT2D eigenvalue weighted by Gasteiger charge is 2.28. The molecule has 31 heavy (non-hydrogen) atoms. The molecular formula is C24H40N4O3. The van der Waals surface area contributed by atoms with Gasteiger partial charge in [-0.3, -0.25) is 14.5 Å². The van der Waals surface area contributed by atoms with Crippen LogP contribution in [0.3, 0.4) is 0 Å². The molecule has 0 atom stereocenters. The topological polar surface area (TPSA) is 60.2 Å². The Hall–Kier alpha value is -1.86. The molecule has 0 bridgehead atoms. The summed E-state index contributed by atoms with van der Waals surface area (Å²) in [7, 11) is 1.85. The number of hydrogen-bond acceptors (Lipinski definition) is 5. The predicted molar refractivity (Wildman–Crippen MR) is 122 cm³/mol. The van der Waals surface area contributed by atoms with E-state index < -0.39 is 0 Å². The van der Waals surface area contributed by atoms with Gasteiger partial charge in [-0.15, -0.1) is 0 Å². The van der Waals surface area contributed by atoms with Crippen molar-refractivity contribution in [3.63, 3.8) is 0 Å². The molecule has 7 heteroatoms. The monoisotopic (exact) mass is 432 g/mol. The minimum Gasteiger partial charge on any atom is -0.455 e. The predicted octanol–water partition coefficient (Wildman–Crippen LogP) is 2.92. The van der Waals surface area contributed by atoms with Gasteiger partial charge in [-0.25, -0.2) is 0 Å². The fourth-order valence-electron chi connectivity index (χ4n) is 4.69. The van der Waals surface area contributed by atoms with Crippen molar-refractivity contribution in [2.75, 3.05) is 59.4 Å². The average molecular weight is 433 g/mol. The largest absolute Gasteiger partial charge is 0.455 e. The van der Waals surface area contributed by atoms with Gasteiger partial charge in [0.2, 0.25) is 5.91 Å². The molecule has 1 aromatic heterocycles. The fraction of sp³-hybridized carbons (Fsp3) is 0.750. The minimum atomic E-state index is -0.0493. The molecule has 0 saturated carbocycles. The summed E-state index contributed by atoms with van der Waals surface area (Å²) in [4.78, 5) is 33.7. The summed E-state index contributed by atoms with van der Waals surface area (Å²) in [5.74, 6) is 1.62. The molecule has 2 fully saturated rings. The Balaban J connectivity index is 1.43. The van der Waals surface area contributed by atoms with Crippen LogP contribution in [0.4, 0.5) is 0 Å². The summed E-state index contributed by atoms with van der Waals surface area (Å²) < 4.78 is 5.89. The van der Waals surface area contributed by atoms with Gasteiger partial charge >= 0.3 is 0 Å². The minimum absolute atomic E-state index is 0.0493. The van der Waals surface area contributed by atoms with Crippen LogP contribution in [0.5, 0.6) is 0 Å². The molecule has 0 unspecified atom stereocenters. The molecule has 3 heterocycles. The molecule has 0 aromatic carbocycles. The van der Waals surface area contributed by atoms with Crippen molar-refractivity contribution in [2.24, 2.45) is 5.92 Å². The van der Waals surface area contributed by atoms with Gasteiger partial charge in [0, 0.05) is 39.1 Å². The second-order valence-electron chi connectivity index (χ2n) is 8.96. The van der Waals surface area contributed by atoms with Crippen LogP contribution in [0.25, 0.3) is 0 Å². The Kier molecular flexibility index (Phi) is 8.96. The molecule has 2 saturated heterocycles.